The molecular weight excluding hydrogens is 773 g/mol. The average Bonchev–Trinajstić information content (AvgIpc) is 3.71. The zero-order chi connectivity index (χ0) is 42.4. The fourth-order valence-electron chi connectivity index (χ4n) is 9.68. The van der Waals surface area contributed by atoms with Crippen LogP contribution in [0.5, 0.6) is 0 Å². The minimum absolute atomic E-state index is 1.09. The van der Waals surface area contributed by atoms with Gasteiger partial charge in [0.1, 0.15) is 0 Å². The second-order valence-electron chi connectivity index (χ2n) is 16.5. The molecule has 0 atom stereocenters. The van der Waals surface area contributed by atoms with Gasteiger partial charge in [-0.25, -0.2) is 0 Å². The van der Waals surface area contributed by atoms with Gasteiger partial charge in [-0.2, -0.15) is 0 Å². The van der Waals surface area contributed by atoms with Crippen molar-refractivity contribution in [3.05, 3.63) is 255 Å². The molecular formula is C62H42N2. The minimum Gasteiger partial charge on any atom is -0.310 e. The summed E-state index contributed by atoms with van der Waals surface area (Å²) in [6.07, 6.45) is 0. The fraction of sp³-hybridized carbons (Fsp3) is 0. The highest BCUT2D eigenvalue weighted by atomic mass is 15.1. The highest BCUT2D eigenvalue weighted by molar-refractivity contribution is 6.16. The predicted molar refractivity (Wildman–Crippen MR) is 272 cm³/mol. The summed E-state index contributed by atoms with van der Waals surface area (Å²) < 4.78 is 2.41. The van der Waals surface area contributed by atoms with Crippen molar-refractivity contribution in [3.63, 3.8) is 0 Å². The van der Waals surface area contributed by atoms with E-state index in [0.29, 0.717) is 0 Å². The molecule has 0 aliphatic rings. The molecule has 0 saturated heterocycles. The maximum absolute atomic E-state index is 2.41. The lowest BCUT2D eigenvalue weighted by molar-refractivity contribution is 1.18. The van der Waals surface area contributed by atoms with Crippen LogP contribution in [0.2, 0.25) is 0 Å². The number of rotatable bonds is 8. The molecule has 0 aliphatic carbocycles. The lowest BCUT2D eigenvalue weighted by Crippen LogP contribution is -2.10. The van der Waals surface area contributed by atoms with Crippen LogP contribution >= 0.6 is 0 Å². The molecule has 0 aliphatic heterocycles. The van der Waals surface area contributed by atoms with Crippen LogP contribution in [-0.4, -0.2) is 4.57 Å². The van der Waals surface area contributed by atoms with Crippen molar-refractivity contribution in [2.45, 2.75) is 0 Å². The lowest BCUT2D eigenvalue weighted by atomic mass is 9.96. The summed E-state index contributed by atoms with van der Waals surface area (Å²) in [5, 5.41) is 7.45. The van der Waals surface area contributed by atoms with Crippen molar-refractivity contribution in [2.24, 2.45) is 0 Å². The Hall–Kier alpha value is -8.46. The number of anilines is 3. The van der Waals surface area contributed by atoms with Gasteiger partial charge in [0.25, 0.3) is 0 Å². The van der Waals surface area contributed by atoms with E-state index >= 15 is 0 Å². The van der Waals surface area contributed by atoms with Crippen LogP contribution in [0, 0.1) is 0 Å². The summed E-state index contributed by atoms with van der Waals surface area (Å²) in [6.45, 7) is 0. The second kappa shape index (κ2) is 15.8. The minimum atomic E-state index is 1.09. The van der Waals surface area contributed by atoms with Gasteiger partial charge in [0, 0.05) is 33.5 Å². The number of hydrogen-bond acceptors (Lipinski definition) is 1. The Morgan fingerprint density at radius 3 is 1.62 bits per heavy atom. The third kappa shape index (κ3) is 6.61. The van der Waals surface area contributed by atoms with Crippen LogP contribution in [0.15, 0.2) is 255 Å². The van der Waals surface area contributed by atoms with Gasteiger partial charge in [-0.05, 0) is 139 Å². The molecule has 0 saturated carbocycles. The molecule has 12 aromatic rings. The Balaban J connectivity index is 1.01. The quantitative estimate of drug-likeness (QED) is 0.148. The van der Waals surface area contributed by atoms with Crippen LogP contribution in [0.3, 0.4) is 0 Å². The Morgan fingerprint density at radius 1 is 0.266 bits per heavy atom. The SMILES string of the molecule is c1ccc(-c2ccc3c(c2)c2c(-c4cccc(N(c5ccc(-c6ccc7ccccc7c6)cc5)c5ccc(-c6cccc7ccccc67)cc5)c4)cccc2n3-c2ccccc2)cc1. The number of benzene rings is 11. The molecule has 2 nitrogen and oxygen atoms in total. The smallest absolute Gasteiger partial charge is 0.0547 e. The largest absolute Gasteiger partial charge is 0.310 e. The first-order chi connectivity index (χ1) is 31.7. The number of aromatic nitrogens is 1. The van der Waals surface area contributed by atoms with E-state index in [1.807, 2.05) is 0 Å². The van der Waals surface area contributed by atoms with E-state index in [2.05, 4.69) is 264 Å². The first kappa shape index (κ1) is 37.3. The van der Waals surface area contributed by atoms with Crippen molar-refractivity contribution < 1.29 is 0 Å². The molecule has 0 bridgehead atoms. The Kier molecular flexibility index (Phi) is 9.20. The number of para-hydroxylation sites is 1. The average molecular weight is 815 g/mol. The first-order valence-corrected chi connectivity index (χ1v) is 22.0. The second-order valence-corrected chi connectivity index (χ2v) is 16.5. The molecule has 0 unspecified atom stereocenters. The van der Waals surface area contributed by atoms with Gasteiger partial charge in [0.15, 0.2) is 0 Å². The molecule has 11 aromatic carbocycles. The molecule has 0 amide bonds. The lowest BCUT2D eigenvalue weighted by Gasteiger charge is -2.26. The standard InChI is InChI=1S/C62H42N2/c1-3-14-43(15-4-1)50-34-39-60-59(42-50)62-58(26-13-27-61(62)64(60)52-21-5-2-6-22-52)51-20-11-23-55(41-51)63(53-35-30-45(31-36-53)49-29-28-44-16-7-8-18-48(44)40-49)54-37-32-47(33-38-54)57-25-12-19-46-17-9-10-24-56(46)57/h1-42H. The Bertz CT molecular complexity index is 3640. The first-order valence-electron chi connectivity index (χ1n) is 22.0. The van der Waals surface area contributed by atoms with Gasteiger partial charge in [-0.1, -0.05) is 182 Å². The van der Waals surface area contributed by atoms with Gasteiger partial charge < -0.3 is 9.47 Å². The van der Waals surface area contributed by atoms with Crippen LogP contribution in [-0.2, 0) is 0 Å². The van der Waals surface area contributed by atoms with Crippen molar-refractivity contribution in [3.8, 4) is 50.2 Å². The van der Waals surface area contributed by atoms with E-state index in [1.54, 1.807) is 0 Å². The third-order valence-electron chi connectivity index (χ3n) is 12.8. The van der Waals surface area contributed by atoms with Gasteiger partial charge in [-0.3, -0.25) is 0 Å². The van der Waals surface area contributed by atoms with Gasteiger partial charge in [0.05, 0.1) is 11.0 Å². The van der Waals surface area contributed by atoms with Gasteiger partial charge >= 0.3 is 0 Å². The number of fused-ring (bicyclic) bond motifs is 5. The molecule has 1 aromatic heterocycles. The van der Waals surface area contributed by atoms with Crippen LogP contribution in [0.25, 0.3) is 93.5 Å². The molecule has 0 radical (unpaired) electrons. The van der Waals surface area contributed by atoms with Crippen molar-refractivity contribution in [1.82, 2.24) is 4.57 Å². The summed E-state index contributed by atoms with van der Waals surface area (Å²) in [5.41, 5.74) is 16.4. The highest BCUT2D eigenvalue weighted by Crippen LogP contribution is 2.43. The summed E-state index contributed by atoms with van der Waals surface area (Å²) in [7, 11) is 0. The molecule has 12 rings (SSSR count). The molecule has 64 heavy (non-hydrogen) atoms. The summed E-state index contributed by atoms with van der Waals surface area (Å²) in [4.78, 5) is 2.39. The molecule has 2 heteroatoms. The van der Waals surface area contributed by atoms with Crippen LogP contribution in [0.4, 0.5) is 17.1 Å². The van der Waals surface area contributed by atoms with Crippen molar-refractivity contribution in [1.29, 1.82) is 0 Å². The maximum atomic E-state index is 2.41. The number of nitrogens with zero attached hydrogens (tertiary/aromatic N) is 2. The van der Waals surface area contributed by atoms with E-state index in [0.717, 1.165) is 28.3 Å². The maximum Gasteiger partial charge on any atom is 0.0547 e. The topological polar surface area (TPSA) is 8.17 Å². The normalized spacial score (nSPS) is 11.4. The van der Waals surface area contributed by atoms with E-state index in [9.17, 15) is 0 Å². The summed E-state index contributed by atoms with van der Waals surface area (Å²) in [6, 6.07) is 92.7. The van der Waals surface area contributed by atoms with E-state index < -0.39 is 0 Å². The number of hydrogen-bond donors (Lipinski definition) is 0. The third-order valence-corrected chi connectivity index (χ3v) is 12.8. The molecule has 0 N–H and O–H groups in total. The van der Waals surface area contributed by atoms with Crippen molar-refractivity contribution >= 4 is 60.4 Å². The predicted octanol–water partition coefficient (Wildman–Crippen LogP) is 17.2. The Morgan fingerprint density at radius 2 is 0.828 bits per heavy atom. The zero-order valence-electron chi connectivity index (χ0n) is 35.1. The highest BCUT2D eigenvalue weighted by Gasteiger charge is 2.19. The summed E-state index contributed by atoms with van der Waals surface area (Å²) in [5.74, 6) is 0. The summed E-state index contributed by atoms with van der Waals surface area (Å²) >= 11 is 0. The van der Waals surface area contributed by atoms with Crippen LogP contribution in [0.1, 0.15) is 0 Å². The van der Waals surface area contributed by atoms with E-state index in [-0.39, 0.29) is 0 Å². The van der Waals surface area contributed by atoms with E-state index in [1.165, 1.54) is 82.3 Å². The molecule has 0 fully saturated rings. The van der Waals surface area contributed by atoms with Crippen molar-refractivity contribution in [2.75, 3.05) is 4.90 Å². The molecule has 1 heterocycles. The van der Waals surface area contributed by atoms with E-state index in [4.69, 9.17) is 0 Å². The monoisotopic (exact) mass is 814 g/mol. The zero-order valence-corrected chi connectivity index (χ0v) is 35.1. The van der Waals surface area contributed by atoms with Gasteiger partial charge in [0.2, 0.25) is 0 Å². The van der Waals surface area contributed by atoms with Gasteiger partial charge in [-0.15, -0.1) is 0 Å². The fourth-order valence-corrected chi connectivity index (χ4v) is 9.68. The Labute approximate surface area is 373 Å². The van der Waals surface area contributed by atoms with Crippen LogP contribution < -0.4 is 4.90 Å². The molecule has 0 spiro atoms. The molecule has 300 valence electrons.